The van der Waals surface area contributed by atoms with E-state index in [0.717, 1.165) is 64.7 Å². The van der Waals surface area contributed by atoms with Crippen LogP contribution >= 0.6 is 11.3 Å². The number of carboxylic acids is 1. The molecule has 1 atom stereocenters. The highest BCUT2D eigenvalue weighted by Gasteiger charge is 2.31. The Morgan fingerprint density at radius 1 is 0.912 bits per heavy atom. The Kier molecular flexibility index (Phi) is 6.41. The summed E-state index contributed by atoms with van der Waals surface area (Å²) in [5.74, 6) is -1.31. The molecule has 34 heavy (non-hydrogen) atoms. The molecule has 0 bridgehead atoms. The summed E-state index contributed by atoms with van der Waals surface area (Å²) in [4.78, 5) is 29.6. The first kappa shape index (κ1) is 22.3. The van der Waals surface area contributed by atoms with Crippen molar-refractivity contribution in [3.05, 3.63) is 77.7 Å². The van der Waals surface area contributed by atoms with Crippen molar-refractivity contribution in [2.75, 3.05) is 0 Å². The lowest BCUT2D eigenvalue weighted by molar-refractivity contribution is -0.141. The zero-order valence-corrected chi connectivity index (χ0v) is 19.6. The standard InChI is InChI=1S/C28H26N2O3S/c31-26(30-25(28(32)33)20-9-5-2-6-10-20)21-13-11-18-12-14-22(16-23(18)15-21)27-29-24(17-34-27)19-7-3-1-4-8-19/h1,3-4,7-8,11-17,20,25H,2,5-6,9-10H2,(H,30,31)(H,32,33)/t25-/m1/s1. The van der Waals surface area contributed by atoms with Crippen molar-refractivity contribution in [1.29, 1.82) is 0 Å². The van der Waals surface area contributed by atoms with Gasteiger partial charge in [-0.1, -0.05) is 67.8 Å². The zero-order valence-electron chi connectivity index (χ0n) is 18.7. The van der Waals surface area contributed by atoms with E-state index >= 15 is 0 Å². The van der Waals surface area contributed by atoms with Crippen LogP contribution in [0.5, 0.6) is 0 Å². The summed E-state index contributed by atoms with van der Waals surface area (Å²) in [7, 11) is 0. The molecule has 0 unspecified atom stereocenters. The second-order valence-electron chi connectivity index (χ2n) is 8.87. The van der Waals surface area contributed by atoms with Crippen LogP contribution in [-0.2, 0) is 4.79 Å². The number of nitrogens with zero attached hydrogens (tertiary/aromatic N) is 1. The first-order valence-corrected chi connectivity index (χ1v) is 12.6. The molecular weight excluding hydrogens is 444 g/mol. The summed E-state index contributed by atoms with van der Waals surface area (Å²) >= 11 is 1.59. The number of aliphatic carboxylic acids is 1. The fourth-order valence-electron chi connectivity index (χ4n) is 4.74. The summed E-state index contributed by atoms with van der Waals surface area (Å²) < 4.78 is 0. The van der Waals surface area contributed by atoms with Crippen molar-refractivity contribution in [3.63, 3.8) is 0 Å². The lowest BCUT2D eigenvalue weighted by Gasteiger charge is -2.28. The van der Waals surface area contributed by atoms with Crippen LogP contribution < -0.4 is 5.32 Å². The number of hydrogen-bond acceptors (Lipinski definition) is 4. The number of fused-ring (bicyclic) bond motifs is 1. The summed E-state index contributed by atoms with van der Waals surface area (Å²) in [5.41, 5.74) is 3.48. The van der Waals surface area contributed by atoms with E-state index in [1.165, 1.54) is 0 Å². The second-order valence-corrected chi connectivity index (χ2v) is 9.73. The first-order valence-electron chi connectivity index (χ1n) is 11.7. The number of thiazole rings is 1. The maximum Gasteiger partial charge on any atom is 0.326 e. The molecule has 0 aliphatic heterocycles. The molecule has 1 aliphatic rings. The molecule has 1 fully saturated rings. The Bertz CT molecular complexity index is 1330. The van der Waals surface area contributed by atoms with E-state index in [4.69, 9.17) is 4.98 Å². The van der Waals surface area contributed by atoms with E-state index in [9.17, 15) is 14.7 Å². The molecule has 2 N–H and O–H groups in total. The van der Waals surface area contributed by atoms with Gasteiger partial charge in [0, 0.05) is 22.1 Å². The monoisotopic (exact) mass is 470 g/mol. The van der Waals surface area contributed by atoms with Crippen molar-refractivity contribution in [1.82, 2.24) is 10.3 Å². The van der Waals surface area contributed by atoms with Gasteiger partial charge in [0.1, 0.15) is 11.0 Å². The number of carboxylic acid groups (broad SMARTS) is 1. The first-order chi connectivity index (χ1) is 16.6. The molecule has 1 aliphatic carbocycles. The van der Waals surface area contributed by atoms with Gasteiger partial charge >= 0.3 is 5.97 Å². The Balaban J connectivity index is 1.39. The molecule has 4 aromatic rings. The smallest absolute Gasteiger partial charge is 0.326 e. The van der Waals surface area contributed by atoms with Gasteiger partial charge in [0.05, 0.1) is 5.69 Å². The van der Waals surface area contributed by atoms with Gasteiger partial charge in [0.2, 0.25) is 0 Å². The average Bonchev–Trinajstić information content (AvgIpc) is 3.38. The molecule has 172 valence electrons. The van der Waals surface area contributed by atoms with Gasteiger partial charge in [-0.3, -0.25) is 4.79 Å². The van der Waals surface area contributed by atoms with Gasteiger partial charge in [-0.15, -0.1) is 11.3 Å². The van der Waals surface area contributed by atoms with Gasteiger partial charge in [0.15, 0.2) is 0 Å². The largest absolute Gasteiger partial charge is 0.480 e. The number of rotatable bonds is 6. The van der Waals surface area contributed by atoms with Gasteiger partial charge in [-0.05, 0) is 47.7 Å². The van der Waals surface area contributed by atoms with Crippen LogP contribution in [0.15, 0.2) is 72.1 Å². The fraction of sp³-hybridized carbons (Fsp3) is 0.250. The van der Waals surface area contributed by atoms with Crippen molar-refractivity contribution >= 4 is 34.0 Å². The van der Waals surface area contributed by atoms with Crippen molar-refractivity contribution in [3.8, 4) is 21.8 Å². The van der Waals surface area contributed by atoms with Crippen LogP contribution in [0.25, 0.3) is 32.6 Å². The molecule has 0 radical (unpaired) electrons. The lowest BCUT2D eigenvalue weighted by atomic mass is 9.84. The highest BCUT2D eigenvalue weighted by atomic mass is 32.1. The Labute approximate surface area is 202 Å². The third-order valence-electron chi connectivity index (χ3n) is 6.60. The van der Waals surface area contributed by atoms with E-state index in [2.05, 4.69) is 10.7 Å². The van der Waals surface area contributed by atoms with Crippen LogP contribution in [0, 0.1) is 5.92 Å². The highest BCUT2D eigenvalue weighted by molar-refractivity contribution is 7.13. The van der Waals surface area contributed by atoms with Crippen LogP contribution in [0.2, 0.25) is 0 Å². The summed E-state index contributed by atoms with van der Waals surface area (Å²) in [6.07, 6.45) is 4.86. The Hall–Kier alpha value is -3.51. The Morgan fingerprint density at radius 3 is 2.44 bits per heavy atom. The molecular formula is C28H26N2O3S. The molecule has 5 rings (SSSR count). The number of benzene rings is 3. The van der Waals surface area contributed by atoms with Gasteiger partial charge < -0.3 is 10.4 Å². The number of carbonyl (C=O) groups is 2. The summed E-state index contributed by atoms with van der Waals surface area (Å²) in [6.45, 7) is 0. The van der Waals surface area contributed by atoms with E-state index in [1.807, 2.05) is 60.7 Å². The minimum Gasteiger partial charge on any atom is -0.480 e. The van der Waals surface area contributed by atoms with Crippen LogP contribution in [0.4, 0.5) is 0 Å². The molecule has 1 saturated carbocycles. The zero-order chi connectivity index (χ0) is 23.5. The minimum absolute atomic E-state index is 0.00836. The molecule has 3 aromatic carbocycles. The molecule has 1 aromatic heterocycles. The highest BCUT2D eigenvalue weighted by Crippen LogP contribution is 2.31. The van der Waals surface area contributed by atoms with Crippen LogP contribution in [-0.4, -0.2) is 28.0 Å². The topological polar surface area (TPSA) is 79.3 Å². The quantitative estimate of drug-likeness (QED) is 0.342. The fourth-order valence-corrected chi connectivity index (χ4v) is 5.57. The molecule has 6 heteroatoms. The van der Waals surface area contributed by atoms with Crippen molar-refractivity contribution < 1.29 is 14.7 Å². The van der Waals surface area contributed by atoms with Gasteiger partial charge in [-0.2, -0.15) is 0 Å². The number of carbonyl (C=O) groups excluding carboxylic acids is 1. The third kappa shape index (κ3) is 4.73. The molecule has 5 nitrogen and oxygen atoms in total. The number of amides is 1. The Morgan fingerprint density at radius 2 is 1.68 bits per heavy atom. The second kappa shape index (κ2) is 9.77. The third-order valence-corrected chi connectivity index (χ3v) is 7.49. The maximum absolute atomic E-state index is 13.0. The van der Waals surface area contributed by atoms with E-state index in [-0.39, 0.29) is 11.8 Å². The van der Waals surface area contributed by atoms with E-state index in [0.29, 0.717) is 5.56 Å². The predicted molar refractivity (Wildman–Crippen MR) is 136 cm³/mol. The molecule has 1 heterocycles. The number of hydrogen-bond donors (Lipinski definition) is 2. The minimum atomic E-state index is -0.957. The van der Waals surface area contributed by atoms with Crippen LogP contribution in [0.3, 0.4) is 0 Å². The SMILES string of the molecule is O=C(N[C@@H](C(=O)O)C1CCCCC1)c1ccc2ccc(-c3nc(-c4ccccc4)cs3)cc2c1. The summed E-state index contributed by atoms with van der Waals surface area (Å²) in [5, 5.41) is 17.4. The summed E-state index contributed by atoms with van der Waals surface area (Å²) in [6, 6.07) is 20.8. The predicted octanol–water partition coefficient (Wildman–Crippen LogP) is 6.39. The van der Waals surface area contributed by atoms with E-state index < -0.39 is 12.0 Å². The van der Waals surface area contributed by atoms with Gasteiger partial charge in [0.25, 0.3) is 5.91 Å². The number of aromatic nitrogens is 1. The molecule has 0 saturated heterocycles. The van der Waals surface area contributed by atoms with E-state index in [1.54, 1.807) is 17.4 Å². The number of nitrogens with one attached hydrogen (secondary N) is 1. The van der Waals surface area contributed by atoms with Crippen molar-refractivity contribution in [2.45, 2.75) is 38.1 Å². The average molecular weight is 471 g/mol. The normalized spacial score (nSPS) is 15.2. The molecule has 1 amide bonds. The maximum atomic E-state index is 13.0. The molecule has 0 spiro atoms. The lowest BCUT2D eigenvalue weighted by Crippen LogP contribution is -2.46. The van der Waals surface area contributed by atoms with Crippen molar-refractivity contribution in [2.24, 2.45) is 5.92 Å². The van der Waals surface area contributed by atoms with Gasteiger partial charge in [-0.25, -0.2) is 9.78 Å². The van der Waals surface area contributed by atoms with Crippen LogP contribution in [0.1, 0.15) is 42.5 Å².